The molecule has 5 N–H and O–H groups in total. The van der Waals surface area contributed by atoms with Crippen LogP contribution in [0.15, 0.2) is 12.7 Å². The van der Waals surface area contributed by atoms with Crippen molar-refractivity contribution < 1.29 is 24.5 Å². The van der Waals surface area contributed by atoms with Crippen LogP contribution in [-0.2, 0) is 14.3 Å². The van der Waals surface area contributed by atoms with Gasteiger partial charge in [0.1, 0.15) is 29.6 Å². The van der Waals surface area contributed by atoms with Gasteiger partial charge < -0.3 is 30.7 Å². The van der Waals surface area contributed by atoms with E-state index in [0.717, 1.165) is 0 Å². The summed E-state index contributed by atoms with van der Waals surface area (Å²) >= 11 is 0. The standard InChI is InChI=1S/C17H26N6O5.ClH/c1-8(2)10(18)15(25)28-12-9(5-24)27-16(17(12,3)26)23-7-22-11-13(19-4)20-6-21-14(11)23;/h6-10,12,16,24,26H,5,18H2,1-4H3,(H,19,20,21);1H/t9-,10?,12-,16-,17-;/m1./s1. The second kappa shape index (κ2) is 8.76. The van der Waals surface area contributed by atoms with Crippen molar-refractivity contribution in [3.63, 3.8) is 0 Å². The lowest BCUT2D eigenvalue weighted by molar-refractivity contribution is -0.166. The van der Waals surface area contributed by atoms with Gasteiger partial charge in [-0.15, -0.1) is 12.4 Å². The second-order valence-corrected chi connectivity index (χ2v) is 7.36. The number of carbonyl (C=O) groups excluding carboxylic acids is 1. The van der Waals surface area contributed by atoms with E-state index in [1.165, 1.54) is 24.1 Å². The summed E-state index contributed by atoms with van der Waals surface area (Å²) in [7, 11) is 1.71. The third-order valence-corrected chi connectivity index (χ3v) is 4.98. The van der Waals surface area contributed by atoms with Gasteiger partial charge in [0.15, 0.2) is 23.8 Å². The Morgan fingerprint density at radius 1 is 1.45 bits per heavy atom. The predicted molar refractivity (Wildman–Crippen MR) is 106 cm³/mol. The molecule has 5 atom stereocenters. The molecular formula is C17H27ClN6O5. The molecule has 11 nitrogen and oxygen atoms in total. The normalized spacial score (nSPS) is 27.7. The summed E-state index contributed by atoms with van der Waals surface area (Å²) in [6.45, 7) is 4.60. The minimum absolute atomic E-state index is 0. The summed E-state index contributed by atoms with van der Waals surface area (Å²) in [5.41, 5.74) is 5.10. The number of hydrogen-bond donors (Lipinski definition) is 4. The smallest absolute Gasteiger partial charge is 0.323 e. The van der Waals surface area contributed by atoms with E-state index in [9.17, 15) is 15.0 Å². The maximum absolute atomic E-state index is 12.3. The molecule has 0 amide bonds. The summed E-state index contributed by atoms with van der Waals surface area (Å²) in [4.78, 5) is 24.9. The van der Waals surface area contributed by atoms with Crippen molar-refractivity contribution in [2.75, 3.05) is 19.0 Å². The quantitative estimate of drug-likeness (QED) is 0.453. The third-order valence-electron chi connectivity index (χ3n) is 4.98. The molecule has 1 unspecified atom stereocenters. The number of nitrogens with one attached hydrogen (secondary N) is 1. The maximum Gasteiger partial charge on any atom is 0.323 e. The van der Waals surface area contributed by atoms with Crippen molar-refractivity contribution in [3.8, 4) is 0 Å². The molecule has 0 aromatic carbocycles. The molecule has 1 aliphatic rings. The number of halogens is 1. The first kappa shape index (κ1) is 23.2. The minimum atomic E-state index is -1.67. The van der Waals surface area contributed by atoms with Gasteiger partial charge in [0.2, 0.25) is 0 Å². The van der Waals surface area contributed by atoms with E-state index in [2.05, 4.69) is 20.3 Å². The lowest BCUT2D eigenvalue weighted by Gasteiger charge is -2.30. The van der Waals surface area contributed by atoms with Gasteiger partial charge in [-0.05, 0) is 12.8 Å². The Kier molecular flexibility index (Phi) is 7.01. The number of hydrogen-bond acceptors (Lipinski definition) is 10. The van der Waals surface area contributed by atoms with Crippen LogP contribution in [0.1, 0.15) is 27.0 Å². The Hall–Kier alpha value is -2.05. The van der Waals surface area contributed by atoms with Crippen molar-refractivity contribution in [3.05, 3.63) is 12.7 Å². The number of rotatable bonds is 6. The number of aromatic nitrogens is 4. The van der Waals surface area contributed by atoms with E-state index >= 15 is 0 Å². The van der Waals surface area contributed by atoms with Gasteiger partial charge in [-0.1, -0.05) is 13.8 Å². The Morgan fingerprint density at radius 3 is 2.72 bits per heavy atom. The Bertz CT molecular complexity index is 860. The summed E-state index contributed by atoms with van der Waals surface area (Å²) < 4.78 is 12.8. The Labute approximate surface area is 174 Å². The first-order valence-corrected chi connectivity index (χ1v) is 9.02. The van der Waals surface area contributed by atoms with Gasteiger partial charge in [0, 0.05) is 7.05 Å². The van der Waals surface area contributed by atoms with Crippen LogP contribution in [0.3, 0.4) is 0 Å². The average Bonchev–Trinajstić information content (AvgIpc) is 3.19. The maximum atomic E-state index is 12.3. The number of fused-ring (bicyclic) bond motifs is 1. The summed E-state index contributed by atoms with van der Waals surface area (Å²) in [5.74, 6) is -0.290. The zero-order valence-electron chi connectivity index (χ0n) is 16.6. The molecule has 1 saturated heterocycles. The highest BCUT2D eigenvalue weighted by molar-refractivity contribution is 5.85. The fourth-order valence-electron chi connectivity index (χ4n) is 3.26. The number of nitrogens with zero attached hydrogens (tertiary/aromatic N) is 4. The number of carbonyl (C=O) groups is 1. The molecule has 29 heavy (non-hydrogen) atoms. The first-order chi connectivity index (χ1) is 13.2. The fraction of sp³-hybridized carbons (Fsp3) is 0.647. The van der Waals surface area contributed by atoms with Gasteiger partial charge >= 0.3 is 5.97 Å². The topological polar surface area (TPSA) is 158 Å². The molecule has 0 aliphatic carbocycles. The van der Waals surface area contributed by atoms with E-state index in [-0.39, 0.29) is 18.3 Å². The lowest BCUT2D eigenvalue weighted by atomic mass is 9.95. The lowest BCUT2D eigenvalue weighted by Crippen LogP contribution is -2.50. The molecule has 3 rings (SSSR count). The van der Waals surface area contributed by atoms with Crippen molar-refractivity contribution in [1.82, 2.24) is 19.5 Å². The molecule has 0 saturated carbocycles. The largest absolute Gasteiger partial charge is 0.455 e. The number of aliphatic hydroxyl groups is 2. The fourth-order valence-corrected chi connectivity index (χ4v) is 3.26. The zero-order valence-corrected chi connectivity index (χ0v) is 17.5. The molecule has 1 aliphatic heterocycles. The van der Waals surface area contributed by atoms with Crippen molar-refractivity contribution in [1.29, 1.82) is 0 Å². The number of nitrogens with two attached hydrogens (primary N) is 1. The van der Waals surface area contributed by atoms with Crippen LogP contribution in [0.2, 0.25) is 0 Å². The Morgan fingerprint density at radius 2 is 2.14 bits per heavy atom. The molecule has 2 aromatic heterocycles. The zero-order chi connectivity index (χ0) is 20.6. The van der Waals surface area contributed by atoms with Crippen LogP contribution in [0.5, 0.6) is 0 Å². The minimum Gasteiger partial charge on any atom is -0.455 e. The van der Waals surface area contributed by atoms with E-state index in [4.69, 9.17) is 15.2 Å². The number of esters is 1. The molecule has 3 heterocycles. The number of ether oxygens (including phenoxy) is 2. The average molecular weight is 431 g/mol. The summed E-state index contributed by atoms with van der Waals surface area (Å²) in [6.07, 6.45) is -0.243. The molecule has 1 fully saturated rings. The van der Waals surface area contributed by atoms with Gasteiger partial charge in [-0.3, -0.25) is 9.36 Å². The van der Waals surface area contributed by atoms with E-state index in [1.807, 2.05) is 0 Å². The van der Waals surface area contributed by atoms with Crippen LogP contribution in [-0.4, -0.2) is 73.2 Å². The first-order valence-electron chi connectivity index (χ1n) is 9.02. The van der Waals surface area contributed by atoms with Crippen LogP contribution < -0.4 is 11.1 Å². The van der Waals surface area contributed by atoms with E-state index in [0.29, 0.717) is 17.0 Å². The molecule has 0 bridgehead atoms. The molecule has 12 heteroatoms. The molecule has 162 valence electrons. The molecular weight excluding hydrogens is 404 g/mol. The summed E-state index contributed by atoms with van der Waals surface area (Å²) in [5, 5.41) is 23.8. The van der Waals surface area contributed by atoms with Crippen molar-refractivity contribution in [2.45, 2.75) is 50.8 Å². The number of anilines is 1. The van der Waals surface area contributed by atoms with Crippen LogP contribution in [0, 0.1) is 5.92 Å². The highest BCUT2D eigenvalue weighted by atomic mass is 35.5. The molecule has 0 radical (unpaired) electrons. The van der Waals surface area contributed by atoms with Gasteiger partial charge in [0.05, 0.1) is 12.9 Å². The van der Waals surface area contributed by atoms with Gasteiger partial charge in [-0.2, -0.15) is 0 Å². The molecule has 2 aromatic rings. The summed E-state index contributed by atoms with van der Waals surface area (Å²) in [6, 6.07) is -0.853. The SMILES string of the molecule is CNc1ncnc2c1ncn2[C@@H]1O[C@H](CO)[C@@H](OC(=O)C(N)C(C)C)[C@@]1(C)O.Cl. The highest BCUT2D eigenvalue weighted by Gasteiger charge is 2.56. The third kappa shape index (κ3) is 4.01. The monoisotopic (exact) mass is 430 g/mol. The predicted octanol–water partition coefficient (Wildman–Crippen LogP) is -0.174. The number of aliphatic hydroxyl groups excluding tert-OH is 1. The highest BCUT2D eigenvalue weighted by Crippen LogP contribution is 2.41. The molecule has 0 spiro atoms. The van der Waals surface area contributed by atoms with Gasteiger partial charge in [0.25, 0.3) is 0 Å². The number of imidazole rings is 1. The van der Waals surface area contributed by atoms with E-state index < -0.39 is 42.7 Å². The van der Waals surface area contributed by atoms with Crippen LogP contribution >= 0.6 is 12.4 Å². The Balaban J connectivity index is 0.00000300. The van der Waals surface area contributed by atoms with E-state index in [1.54, 1.807) is 20.9 Å². The van der Waals surface area contributed by atoms with Gasteiger partial charge in [-0.25, -0.2) is 15.0 Å². The van der Waals surface area contributed by atoms with Crippen molar-refractivity contribution in [2.24, 2.45) is 11.7 Å². The van der Waals surface area contributed by atoms with Crippen LogP contribution in [0.25, 0.3) is 11.2 Å². The second-order valence-electron chi connectivity index (χ2n) is 7.36. The van der Waals surface area contributed by atoms with Crippen LogP contribution in [0.4, 0.5) is 5.82 Å². The van der Waals surface area contributed by atoms with Crippen molar-refractivity contribution >= 4 is 35.4 Å².